The number of hydrogen-bond donors (Lipinski definition) is 1. The van der Waals surface area contributed by atoms with E-state index in [-0.39, 0.29) is 12.1 Å². The quantitative estimate of drug-likeness (QED) is 0.752. The Morgan fingerprint density at radius 3 is 2.41 bits per heavy atom. The first-order valence-corrected chi connectivity index (χ1v) is 11.3. The lowest BCUT2D eigenvalue weighted by molar-refractivity contribution is -0.137. The van der Waals surface area contributed by atoms with Gasteiger partial charge in [-0.3, -0.25) is 0 Å². The van der Waals surface area contributed by atoms with Crippen LogP contribution < -0.4 is 15.1 Å². The average molecular weight is 442 g/mol. The van der Waals surface area contributed by atoms with Gasteiger partial charge in [0.2, 0.25) is 0 Å². The van der Waals surface area contributed by atoms with Gasteiger partial charge >= 0.3 is 6.18 Å². The van der Waals surface area contributed by atoms with Crippen molar-refractivity contribution in [2.45, 2.75) is 62.4 Å². The monoisotopic (exact) mass is 441 g/mol. The number of nitrogens with one attached hydrogen (secondary N) is 1. The maximum Gasteiger partial charge on any atom is 0.416 e. The van der Waals surface area contributed by atoms with Crippen molar-refractivity contribution in [2.24, 2.45) is 0 Å². The Morgan fingerprint density at radius 2 is 1.72 bits per heavy atom. The third kappa shape index (κ3) is 3.90. The van der Waals surface area contributed by atoms with Gasteiger partial charge in [0.05, 0.1) is 11.1 Å². The van der Waals surface area contributed by atoms with Crippen LogP contribution in [0, 0.1) is 11.3 Å². The Hall–Kier alpha value is -2.79. The molecular weight excluding hydrogens is 415 g/mol. The van der Waals surface area contributed by atoms with Crippen molar-refractivity contribution in [2.75, 3.05) is 22.9 Å². The summed E-state index contributed by atoms with van der Waals surface area (Å²) >= 11 is 0. The molecule has 5 nitrogen and oxygen atoms in total. The minimum absolute atomic E-state index is 0.197. The highest BCUT2D eigenvalue weighted by atomic mass is 19.4. The highest BCUT2D eigenvalue weighted by Gasteiger charge is 2.46. The van der Waals surface area contributed by atoms with Crippen LogP contribution in [0.3, 0.4) is 0 Å². The third-order valence-corrected chi connectivity index (χ3v) is 7.15. The van der Waals surface area contributed by atoms with E-state index in [0.29, 0.717) is 17.6 Å². The second-order valence-corrected chi connectivity index (χ2v) is 9.00. The number of nitriles is 1. The highest BCUT2D eigenvalue weighted by molar-refractivity contribution is 5.51. The van der Waals surface area contributed by atoms with E-state index in [1.807, 2.05) is 12.1 Å². The summed E-state index contributed by atoms with van der Waals surface area (Å²) < 4.78 is 38.8. The number of fused-ring (bicyclic) bond motifs is 2. The number of benzene rings is 1. The van der Waals surface area contributed by atoms with E-state index >= 15 is 0 Å². The van der Waals surface area contributed by atoms with Crippen molar-refractivity contribution >= 4 is 11.5 Å². The second kappa shape index (κ2) is 8.28. The third-order valence-electron chi connectivity index (χ3n) is 7.15. The Balaban J connectivity index is 1.39. The number of aromatic nitrogens is 1. The van der Waals surface area contributed by atoms with Crippen LogP contribution in [0.15, 0.2) is 42.6 Å². The molecule has 2 saturated heterocycles. The predicted octanol–water partition coefficient (Wildman–Crippen LogP) is 4.34. The van der Waals surface area contributed by atoms with Crippen LogP contribution in [0.25, 0.3) is 0 Å². The Morgan fingerprint density at radius 1 is 0.969 bits per heavy atom. The number of piperazine rings is 1. The lowest BCUT2D eigenvalue weighted by Gasteiger charge is -2.56. The molecule has 2 aliphatic heterocycles. The van der Waals surface area contributed by atoms with E-state index < -0.39 is 11.7 Å². The number of alkyl halides is 3. The Bertz CT molecular complexity index is 983. The highest BCUT2D eigenvalue weighted by Crippen LogP contribution is 2.37. The van der Waals surface area contributed by atoms with Gasteiger partial charge in [-0.1, -0.05) is 12.8 Å². The molecule has 1 unspecified atom stereocenters. The minimum Gasteiger partial charge on any atom is -0.370 e. The molecule has 1 aromatic heterocycles. The number of pyridine rings is 1. The zero-order valence-corrected chi connectivity index (χ0v) is 17.7. The van der Waals surface area contributed by atoms with Gasteiger partial charge < -0.3 is 15.1 Å². The molecule has 3 aliphatic rings. The average Bonchev–Trinajstić information content (AvgIpc) is 2.82. The van der Waals surface area contributed by atoms with E-state index in [2.05, 4.69) is 26.2 Å². The van der Waals surface area contributed by atoms with Gasteiger partial charge in [-0.15, -0.1) is 0 Å². The van der Waals surface area contributed by atoms with Crippen LogP contribution in [0.1, 0.15) is 43.2 Å². The summed E-state index contributed by atoms with van der Waals surface area (Å²) in [4.78, 5) is 9.27. The van der Waals surface area contributed by atoms with E-state index in [0.717, 1.165) is 43.9 Å². The summed E-state index contributed by atoms with van der Waals surface area (Å²) in [5.41, 5.74) is 0.764. The molecule has 3 heterocycles. The van der Waals surface area contributed by atoms with E-state index in [4.69, 9.17) is 5.26 Å². The van der Waals surface area contributed by atoms with Gasteiger partial charge in [-0.25, -0.2) is 4.98 Å². The summed E-state index contributed by atoms with van der Waals surface area (Å²) in [5.74, 6) is 0.917. The Labute approximate surface area is 185 Å². The van der Waals surface area contributed by atoms with Gasteiger partial charge in [0.1, 0.15) is 11.9 Å². The molecule has 3 fully saturated rings. The number of nitrogens with zero attached hydrogens (tertiary/aromatic N) is 4. The molecule has 0 radical (unpaired) electrons. The topological polar surface area (TPSA) is 55.2 Å². The number of anilines is 2. The summed E-state index contributed by atoms with van der Waals surface area (Å²) in [6, 6.07) is 12.6. The van der Waals surface area contributed by atoms with E-state index in [9.17, 15) is 13.2 Å². The van der Waals surface area contributed by atoms with E-state index in [1.54, 1.807) is 18.3 Å². The van der Waals surface area contributed by atoms with Crippen molar-refractivity contribution in [3.8, 4) is 6.07 Å². The molecule has 4 atom stereocenters. The van der Waals surface area contributed by atoms with E-state index in [1.165, 1.54) is 25.0 Å². The zero-order valence-electron chi connectivity index (χ0n) is 17.7. The van der Waals surface area contributed by atoms with Crippen LogP contribution in [0.4, 0.5) is 24.7 Å². The minimum atomic E-state index is -4.32. The molecule has 1 N–H and O–H groups in total. The molecular formula is C24H26F3N5. The molecule has 1 aliphatic carbocycles. The molecule has 1 saturated carbocycles. The van der Waals surface area contributed by atoms with Crippen molar-refractivity contribution in [1.82, 2.24) is 10.3 Å². The van der Waals surface area contributed by atoms with Crippen molar-refractivity contribution < 1.29 is 13.2 Å². The summed E-state index contributed by atoms with van der Waals surface area (Å²) in [6.45, 7) is 1.52. The normalized spacial score (nSPS) is 27.9. The fourth-order valence-electron chi connectivity index (χ4n) is 5.64. The smallest absolute Gasteiger partial charge is 0.370 e. The SMILES string of the molecule is N#Cc1ccc(N2C3CCN(c4ccc(C(F)(F)F)cc4)C[C@H]3N[C@@H]3CCCC[C@H]32)nc1. The maximum absolute atomic E-state index is 12.9. The molecule has 32 heavy (non-hydrogen) atoms. The molecule has 5 rings (SSSR count). The molecule has 2 aromatic rings. The van der Waals surface area contributed by atoms with Crippen LogP contribution in [0.5, 0.6) is 0 Å². The fraction of sp³-hybridized carbons (Fsp3) is 0.500. The maximum atomic E-state index is 12.9. The molecule has 0 spiro atoms. The van der Waals surface area contributed by atoms with Gasteiger partial charge in [0.25, 0.3) is 0 Å². The van der Waals surface area contributed by atoms with Gasteiger partial charge in [-0.05, 0) is 55.7 Å². The van der Waals surface area contributed by atoms with Crippen molar-refractivity contribution in [3.05, 3.63) is 53.7 Å². The number of rotatable bonds is 2. The predicted molar refractivity (Wildman–Crippen MR) is 116 cm³/mol. The lowest BCUT2D eigenvalue weighted by atomic mass is 9.81. The fourth-order valence-corrected chi connectivity index (χ4v) is 5.64. The first-order valence-electron chi connectivity index (χ1n) is 11.3. The summed E-state index contributed by atoms with van der Waals surface area (Å²) in [5, 5.41) is 13.0. The first kappa shape index (κ1) is 21.1. The van der Waals surface area contributed by atoms with Gasteiger partial charge in [0.15, 0.2) is 0 Å². The Kier molecular flexibility index (Phi) is 5.46. The number of halogens is 3. The second-order valence-electron chi connectivity index (χ2n) is 9.00. The summed E-state index contributed by atoms with van der Waals surface area (Å²) in [7, 11) is 0. The lowest BCUT2D eigenvalue weighted by Crippen LogP contribution is -2.72. The van der Waals surface area contributed by atoms with Crippen molar-refractivity contribution in [3.63, 3.8) is 0 Å². The molecule has 0 bridgehead atoms. The molecule has 0 amide bonds. The van der Waals surface area contributed by atoms with Crippen LogP contribution in [0.2, 0.25) is 0 Å². The van der Waals surface area contributed by atoms with Crippen LogP contribution >= 0.6 is 0 Å². The van der Waals surface area contributed by atoms with Crippen molar-refractivity contribution in [1.29, 1.82) is 5.26 Å². The molecule has 8 heteroatoms. The zero-order chi connectivity index (χ0) is 22.3. The molecule has 1 aromatic carbocycles. The van der Waals surface area contributed by atoms with Gasteiger partial charge in [0, 0.05) is 49.1 Å². The standard InChI is InChI=1S/C24H26F3N5/c25-24(26,27)17-6-8-18(9-7-17)31-12-11-22-20(15-31)30-19-3-1-2-4-21(19)32(22)23-10-5-16(13-28)14-29-23/h5-10,14,19-22,30H,1-4,11-12,15H2/t19-,20-,21-,22?/m1/s1. The largest absolute Gasteiger partial charge is 0.416 e. The van der Waals surface area contributed by atoms with Crippen LogP contribution in [-0.2, 0) is 6.18 Å². The summed E-state index contributed by atoms with van der Waals surface area (Å²) in [6.07, 6.45) is 2.84. The molecule has 168 valence electrons. The number of piperidine rings is 1. The number of hydrogen-bond acceptors (Lipinski definition) is 5. The first-order chi connectivity index (χ1) is 15.4. The van der Waals surface area contributed by atoms with Crippen LogP contribution in [-0.4, -0.2) is 42.2 Å². The van der Waals surface area contributed by atoms with Gasteiger partial charge in [-0.2, -0.15) is 18.4 Å².